The van der Waals surface area contributed by atoms with Crippen molar-refractivity contribution in [2.45, 2.75) is 16.7 Å². The van der Waals surface area contributed by atoms with Gasteiger partial charge in [0.05, 0.1) is 9.79 Å². The molecule has 0 aliphatic rings. The summed E-state index contributed by atoms with van der Waals surface area (Å²) in [5.41, 5.74) is 0.881. The Morgan fingerprint density at radius 3 is 1.71 bits per heavy atom. The Kier molecular flexibility index (Phi) is 4.95. The Hall–Kier alpha value is -1.57. The maximum atomic E-state index is 8.78. The normalized spacial score (nSPS) is 9.24. The molecule has 0 spiro atoms. The molecule has 1 aromatic rings. The summed E-state index contributed by atoms with van der Waals surface area (Å²) in [5.74, 6) is 1.28. The van der Waals surface area contributed by atoms with E-state index < -0.39 is 0 Å². The van der Waals surface area contributed by atoms with Crippen molar-refractivity contribution in [1.29, 1.82) is 10.5 Å². The number of nitrogens with zero attached hydrogens (tertiary/aromatic N) is 3. The fraction of sp³-hybridized carbons (Fsp3) is 0.300. The van der Waals surface area contributed by atoms with Gasteiger partial charge >= 0.3 is 0 Å². The highest BCUT2D eigenvalue weighted by atomic mass is 32.2. The van der Waals surface area contributed by atoms with Crippen LogP contribution < -0.4 is 10.6 Å². The highest BCUT2D eigenvalue weighted by Crippen LogP contribution is 2.38. The van der Waals surface area contributed by atoms with Gasteiger partial charge in [-0.1, -0.05) is 0 Å². The lowest BCUT2D eigenvalue weighted by Crippen LogP contribution is -2.03. The summed E-state index contributed by atoms with van der Waals surface area (Å²) in [4.78, 5) is 5.85. The topological polar surface area (TPSA) is 84.5 Å². The molecule has 0 saturated heterocycles. The molecule has 2 N–H and O–H groups in total. The van der Waals surface area contributed by atoms with Gasteiger partial charge in [0.1, 0.15) is 22.4 Å². The van der Waals surface area contributed by atoms with E-state index in [4.69, 9.17) is 10.5 Å². The number of pyridine rings is 1. The largest absolute Gasteiger partial charge is 0.372 e. The fourth-order valence-corrected chi connectivity index (χ4v) is 2.60. The summed E-state index contributed by atoms with van der Waals surface area (Å²) in [6.45, 7) is 1.88. The molecule has 1 aromatic heterocycles. The van der Waals surface area contributed by atoms with Gasteiger partial charge in [0, 0.05) is 14.1 Å². The van der Waals surface area contributed by atoms with Crippen LogP contribution in [0.5, 0.6) is 0 Å². The highest BCUT2D eigenvalue weighted by Gasteiger charge is 2.16. The minimum atomic E-state index is 0.640. The minimum Gasteiger partial charge on any atom is -0.372 e. The molecule has 5 nitrogen and oxygen atoms in total. The van der Waals surface area contributed by atoms with Crippen LogP contribution in [0.3, 0.4) is 0 Å². The van der Waals surface area contributed by atoms with Gasteiger partial charge in [-0.05, 0) is 36.0 Å². The van der Waals surface area contributed by atoms with Crippen molar-refractivity contribution in [2.75, 3.05) is 24.7 Å². The van der Waals surface area contributed by atoms with E-state index in [1.807, 2.05) is 17.7 Å². The van der Waals surface area contributed by atoms with Gasteiger partial charge in [0.2, 0.25) is 0 Å². The van der Waals surface area contributed by atoms with Crippen molar-refractivity contribution in [3.05, 3.63) is 5.56 Å². The second-order valence-electron chi connectivity index (χ2n) is 2.98. The van der Waals surface area contributed by atoms with Gasteiger partial charge in [-0.3, -0.25) is 0 Å². The Morgan fingerprint density at radius 1 is 1.00 bits per heavy atom. The lowest BCUT2D eigenvalue weighted by atomic mass is 10.2. The number of aromatic nitrogens is 1. The van der Waals surface area contributed by atoms with Crippen LogP contribution in [-0.2, 0) is 0 Å². The first-order valence-electron chi connectivity index (χ1n) is 4.71. The molecule has 1 heterocycles. The summed E-state index contributed by atoms with van der Waals surface area (Å²) in [7, 11) is 3.50. The first-order valence-corrected chi connectivity index (χ1v) is 6.34. The average Bonchev–Trinajstić information content (AvgIpc) is 2.34. The van der Waals surface area contributed by atoms with Crippen molar-refractivity contribution in [1.82, 2.24) is 4.98 Å². The van der Waals surface area contributed by atoms with E-state index in [0.717, 1.165) is 38.9 Å². The van der Waals surface area contributed by atoms with Crippen molar-refractivity contribution in [3.63, 3.8) is 0 Å². The molecule has 0 aliphatic heterocycles. The zero-order valence-electron chi connectivity index (χ0n) is 9.66. The second-order valence-corrected chi connectivity index (χ2v) is 4.57. The molecule has 1 rings (SSSR count). The quantitative estimate of drug-likeness (QED) is 0.639. The van der Waals surface area contributed by atoms with Crippen molar-refractivity contribution in [2.24, 2.45) is 0 Å². The van der Waals surface area contributed by atoms with Crippen LogP contribution in [0.25, 0.3) is 0 Å². The first-order chi connectivity index (χ1) is 8.19. The fourth-order valence-electron chi connectivity index (χ4n) is 1.35. The number of nitrogens with one attached hydrogen (secondary N) is 2. The molecule has 7 heteroatoms. The number of nitriles is 2. The highest BCUT2D eigenvalue weighted by molar-refractivity contribution is 8.04. The van der Waals surface area contributed by atoms with Gasteiger partial charge in [-0.25, -0.2) is 4.98 Å². The summed E-state index contributed by atoms with van der Waals surface area (Å²) in [6.07, 6.45) is 0. The van der Waals surface area contributed by atoms with E-state index in [1.54, 1.807) is 14.1 Å². The lowest BCUT2D eigenvalue weighted by molar-refractivity contribution is 1.08. The number of rotatable bonds is 4. The average molecular weight is 265 g/mol. The van der Waals surface area contributed by atoms with E-state index in [9.17, 15) is 0 Å². The van der Waals surface area contributed by atoms with Crippen LogP contribution in [0.2, 0.25) is 0 Å². The van der Waals surface area contributed by atoms with E-state index in [2.05, 4.69) is 15.6 Å². The molecule has 0 radical (unpaired) electrons. The van der Waals surface area contributed by atoms with Crippen LogP contribution in [0.15, 0.2) is 9.79 Å². The number of thiocyanates is 2. The third kappa shape index (κ3) is 2.76. The molecule has 0 aromatic carbocycles. The van der Waals surface area contributed by atoms with Gasteiger partial charge in [-0.15, -0.1) is 0 Å². The van der Waals surface area contributed by atoms with Crippen LogP contribution in [0, 0.1) is 28.3 Å². The molecular formula is C10H11N5S2. The minimum absolute atomic E-state index is 0.640. The summed E-state index contributed by atoms with van der Waals surface area (Å²) < 4.78 is 0. The summed E-state index contributed by atoms with van der Waals surface area (Å²) in [6, 6.07) is 0. The zero-order valence-corrected chi connectivity index (χ0v) is 11.3. The maximum Gasteiger partial charge on any atom is 0.143 e. The van der Waals surface area contributed by atoms with Gasteiger partial charge in [-0.2, -0.15) is 10.5 Å². The van der Waals surface area contributed by atoms with Crippen LogP contribution in [-0.4, -0.2) is 19.1 Å². The lowest BCUT2D eigenvalue weighted by Gasteiger charge is -2.14. The molecule has 0 unspecified atom stereocenters. The Balaban J connectivity index is 3.46. The van der Waals surface area contributed by atoms with Crippen LogP contribution in [0.4, 0.5) is 11.6 Å². The summed E-state index contributed by atoms with van der Waals surface area (Å²) in [5, 5.41) is 27.5. The molecule has 0 amide bonds. The molecule has 0 bridgehead atoms. The van der Waals surface area contributed by atoms with E-state index in [1.165, 1.54) is 0 Å². The van der Waals surface area contributed by atoms with E-state index >= 15 is 0 Å². The number of hydrogen-bond acceptors (Lipinski definition) is 7. The molecule has 88 valence electrons. The monoisotopic (exact) mass is 265 g/mol. The van der Waals surface area contributed by atoms with Crippen LogP contribution in [0.1, 0.15) is 5.56 Å². The SMILES string of the molecule is CNc1nc(NC)c(SC#N)c(C)c1SC#N. The number of thioether (sulfide) groups is 2. The molecule has 0 saturated carbocycles. The first kappa shape index (κ1) is 13.5. The Morgan fingerprint density at radius 2 is 1.41 bits per heavy atom. The van der Waals surface area contributed by atoms with Gasteiger partial charge < -0.3 is 10.6 Å². The molecule has 17 heavy (non-hydrogen) atoms. The molecular weight excluding hydrogens is 254 g/mol. The number of hydrogen-bond donors (Lipinski definition) is 2. The zero-order chi connectivity index (χ0) is 12.8. The van der Waals surface area contributed by atoms with Crippen molar-refractivity contribution < 1.29 is 0 Å². The predicted molar refractivity (Wildman–Crippen MR) is 71.0 cm³/mol. The Bertz CT molecular complexity index is 459. The van der Waals surface area contributed by atoms with Crippen LogP contribution >= 0.6 is 23.5 Å². The Labute approximate surface area is 109 Å². The predicted octanol–water partition coefficient (Wildman–Crippen LogP) is 2.62. The van der Waals surface area contributed by atoms with Crippen molar-refractivity contribution in [3.8, 4) is 10.8 Å². The van der Waals surface area contributed by atoms with E-state index in [-0.39, 0.29) is 0 Å². The third-order valence-corrected chi connectivity index (χ3v) is 3.69. The second kappa shape index (κ2) is 6.24. The summed E-state index contributed by atoms with van der Waals surface area (Å²) >= 11 is 2.08. The molecule has 0 atom stereocenters. The van der Waals surface area contributed by atoms with E-state index in [0.29, 0.717) is 11.6 Å². The molecule has 0 aliphatic carbocycles. The number of anilines is 2. The van der Waals surface area contributed by atoms with Crippen molar-refractivity contribution >= 4 is 35.2 Å². The third-order valence-electron chi connectivity index (χ3n) is 2.10. The van der Waals surface area contributed by atoms with Gasteiger partial charge in [0.15, 0.2) is 0 Å². The standard InChI is InChI=1S/C10H11N5S2/c1-6-7(16-4-11)9(13-2)15-10(14-3)8(6)17-5-12/h1-3H3,(H2,13,14,15). The maximum absolute atomic E-state index is 8.78. The smallest absolute Gasteiger partial charge is 0.143 e. The molecule has 0 fully saturated rings. The van der Waals surface area contributed by atoms with Gasteiger partial charge in [0.25, 0.3) is 0 Å².